The Balaban J connectivity index is 2.26. The van der Waals surface area contributed by atoms with Crippen LogP contribution in [0, 0.1) is 0 Å². The summed E-state index contributed by atoms with van der Waals surface area (Å²) < 4.78 is 16.1. The average molecular weight is 265 g/mol. The molecule has 1 fully saturated rings. The highest BCUT2D eigenvalue weighted by Crippen LogP contribution is 2.30. The number of carbonyl (C=O) groups is 1. The van der Waals surface area contributed by atoms with Gasteiger partial charge in [-0.3, -0.25) is 0 Å². The minimum absolute atomic E-state index is 0.375. The van der Waals surface area contributed by atoms with Gasteiger partial charge in [0.1, 0.15) is 0 Å². The maximum Gasteiger partial charge on any atom is 0.337 e. The molecule has 19 heavy (non-hydrogen) atoms. The third-order valence-corrected chi connectivity index (χ3v) is 3.38. The molecule has 0 radical (unpaired) electrons. The summed E-state index contributed by atoms with van der Waals surface area (Å²) in [6.07, 6.45) is 1.26. The highest BCUT2D eigenvalue weighted by molar-refractivity contribution is 5.90. The third-order valence-electron chi connectivity index (χ3n) is 3.38. The minimum Gasteiger partial charge on any atom is -0.465 e. The predicted molar refractivity (Wildman–Crippen MR) is 70.8 cm³/mol. The molecule has 0 atom stereocenters. The van der Waals surface area contributed by atoms with Gasteiger partial charge in [0.25, 0.3) is 0 Å². The van der Waals surface area contributed by atoms with E-state index in [4.69, 9.17) is 19.9 Å². The van der Waals surface area contributed by atoms with Gasteiger partial charge in [-0.15, -0.1) is 0 Å². The van der Waals surface area contributed by atoms with Gasteiger partial charge in [-0.2, -0.15) is 0 Å². The standard InChI is InChI=1S/C14H19NO4/c1-3-14(18-6-7-19-14)9-11-8-10(13(16)17-2)4-5-12(11)15/h4-5,8H,3,6-7,9,15H2,1-2H3. The van der Waals surface area contributed by atoms with E-state index >= 15 is 0 Å². The smallest absolute Gasteiger partial charge is 0.337 e. The zero-order chi connectivity index (χ0) is 13.9. The Morgan fingerprint density at radius 2 is 2.11 bits per heavy atom. The van der Waals surface area contributed by atoms with Gasteiger partial charge in [0.05, 0.1) is 25.9 Å². The van der Waals surface area contributed by atoms with Crippen molar-refractivity contribution in [1.29, 1.82) is 0 Å². The number of methoxy groups -OCH3 is 1. The summed E-state index contributed by atoms with van der Waals surface area (Å²) in [4.78, 5) is 11.5. The summed E-state index contributed by atoms with van der Waals surface area (Å²) >= 11 is 0. The number of benzene rings is 1. The zero-order valence-electron chi connectivity index (χ0n) is 11.3. The second kappa shape index (κ2) is 5.59. The number of nitrogen functional groups attached to an aromatic ring is 1. The molecule has 0 bridgehead atoms. The Hall–Kier alpha value is -1.59. The highest BCUT2D eigenvalue weighted by atomic mass is 16.7. The van der Waals surface area contributed by atoms with E-state index in [1.54, 1.807) is 18.2 Å². The fourth-order valence-corrected chi connectivity index (χ4v) is 2.22. The lowest BCUT2D eigenvalue weighted by molar-refractivity contribution is -0.157. The van der Waals surface area contributed by atoms with Crippen LogP contribution in [0.5, 0.6) is 0 Å². The number of nitrogens with two attached hydrogens (primary N) is 1. The Kier molecular flexibility index (Phi) is 4.07. The molecule has 5 heteroatoms. The molecule has 1 aliphatic rings. The number of anilines is 1. The van der Waals surface area contributed by atoms with E-state index in [2.05, 4.69) is 0 Å². The summed E-state index contributed by atoms with van der Waals surface area (Å²) in [5, 5.41) is 0. The molecule has 0 unspecified atom stereocenters. The van der Waals surface area contributed by atoms with Crippen molar-refractivity contribution in [3.63, 3.8) is 0 Å². The Labute approximate surface area is 112 Å². The molecular formula is C14H19NO4. The average Bonchev–Trinajstić information content (AvgIpc) is 2.89. The van der Waals surface area contributed by atoms with Crippen molar-refractivity contribution in [2.24, 2.45) is 0 Å². The lowest BCUT2D eigenvalue weighted by Gasteiger charge is -2.26. The summed E-state index contributed by atoms with van der Waals surface area (Å²) in [6.45, 7) is 3.18. The maximum absolute atomic E-state index is 11.5. The van der Waals surface area contributed by atoms with Gasteiger partial charge in [0, 0.05) is 12.1 Å². The van der Waals surface area contributed by atoms with Gasteiger partial charge < -0.3 is 19.9 Å². The van der Waals surface area contributed by atoms with Crippen LogP contribution in [0.3, 0.4) is 0 Å². The quantitative estimate of drug-likeness (QED) is 0.663. The first-order valence-corrected chi connectivity index (χ1v) is 6.35. The van der Waals surface area contributed by atoms with E-state index in [0.717, 1.165) is 12.0 Å². The number of hydrogen-bond donors (Lipinski definition) is 1. The molecule has 1 heterocycles. The van der Waals surface area contributed by atoms with Crippen molar-refractivity contribution < 1.29 is 19.0 Å². The van der Waals surface area contributed by atoms with E-state index in [1.807, 2.05) is 6.92 Å². The molecule has 0 aliphatic carbocycles. The summed E-state index contributed by atoms with van der Waals surface area (Å²) in [6, 6.07) is 5.10. The van der Waals surface area contributed by atoms with Crippen LogP contribution >= 0.6 is 0 Å². The van der Waals surface area contributed by atoms with Crippen molar-refractivity contribution in [2.75, 3.05) is 26.1 Å². The van der Waals surface area contributed by atoms with Crippen LogP contribution in [-0.4, -0.2) is 32.1 Å². The van der Waals surface area contributed by atoms with Crippen LogP contribution in [0.2, 0.25) is 0 Å². The molecule has 1 aromatic carbocycles. The number of esters is 1. The Bertz CT molecular complexity index is 467. The third kappa shape index (κ3) is 2.88. The zero-order valence-corrected chi connectivity index (χ0v) is 11.3. The number of hydrogen-bond acceptors (Lipinski definition) is 5. The molecule has 0 spiro atoms. The largest absolute Gasteiger partial charge is 0.465 e. The molecule has 1 saturated heterocycles. The fourth-order valence-electron chi connectivity index (χ4n) is 2.22. The van der Waals surface area contributed by atoms with Crippen LogP contribution < -0.4 is 5.73 Å². The fraction of sp³-hybridized carbons (Fsp3) is 0.500. The molecule has 0 amide bonds. The van der Waals surface area contributed by atoms with Crippen molar-refractivity contribution >= 4 is 11.7 Å². The van der Waals surface area contributed by atoms with E-state index in [-0.39, 0.29) is 5.97 Å². The van der Waals surface area contributed by atoms with Gasteiger partial charge in [0.2, 0.25) is 0 Å². The van der Waals surface area contributed by atoms with Crippen LogP contribution in [0.1, 0.15) is 29.3 Å². The summed E-state index contributed by atoms with van der Waals surface area (Å²) in [5.41, 5.74) is 7.91. The maximum atomic E-state index is 11.5. The lowest BCUT2D eigenvalue weighted by atomic mass is 9.99. The van der Waals surface area contributed by atoms with Crippen molar-refractivity contribution in [1.82, 2.24) is 0 Å². The first kappa shape index (κ1) is 13.8. The van der Waals surface area contributed by atoms with Gasteiger partial charge in [-0.25, -0.2) is 4.79 Å². The van der Waals surface area contributed by atoms with Gasteiger partial charge in [0.15, 0.2) is 5.79 Å². The van der Waals surface area contributed by atoms with Crippen LogP contribution in [0.4, 0.5) is 5.69 Å². The second-order valence-electron chi connectivity index (χ2n) is 4.54. The highest BCUT2D eigenvalue weighted by Gasteiger charge is 2.35. The monoisotopic (exact) mass is 265 g/mol. The first-order valence-electron chi connectivity index (χ1n) is 6.35. The first-order chi connectivity index (χ1) is 9.10. The normalized spacial score (nSPS) is 17.4. The number of rotatable bonds is 4. The molecule has 5 nitrogen and oxygen atoms in total. The van der Waals surface area contributed by atoms with Crippen molar-refractivity contribution in [3.05, 3.63) is 29.3 Å². The Morgan fingerprint density at radius 1 is 1.42 bits per heavy atom. The molecule has 2 N–H and O–H groups in total. The van der Waals surface area contributed by atoms with Gasteiger partial charge >= 0.3 is 5.97 Å². The molecule has 2 rings (SSSR count). The van der Waals surface area contributed by atoms with E-state index in [0.29, 0.717) is 30.9 Å². The van der Waals surface area contributed by atoms with Crippen molar-refractivity contribution in [2.45, 2.75) is 25.6 Å². The molecular weight excluding hydrogens is 246 g/mol. The topological polar surface area (TPSA) is 70.8 Å². The Morgan fingerprint density at radius 3 is 2.68 bits per heavy atom. The minimum atomic E-state index is -0.622. The predicted octanol–water partition coefficient (Wildman–Crippen LogP) is 1.75. The number of carbonyl (C=O) groups excluding carboxylic acids is 1. The van der Waals surface area contributed by atoms with Crippen LogP contribution in [0.15, 0.2) is 18.2 Å². The lowest BCUT2D eigenvalue weighted by Crippen LogP contribution is -2.32. The molecule has 1 aliphatic heterocycles. The molecule has 0 aromatic heterocycles. The molecule has 1 aromatic rings. The van der Waals surface area contributed by atoms with E-state index < -0.39 is 5.79 Å². The SMILES string of the molecule is CCC1(Cc2cc(C(=O)OC)ccc2N)OCCO1. The van der Waals surface area contributed by atoms with E-state index in [9.17, 15) is 4.79 Å². The van der Waals surface area contributed by atoms with Crippen molar-refractivity contribution in [3.8, 4) is 0 Å². The summed E-state index contributed by atoms with van der Waals surface area (Å²) in [7, 11) is 1.36. The van der Waals surface area contributed by atoms with Gasteiger partial charge in [-0.05, 0) is 30.2 Å². The van der Waals surface area contributed by atoms with E-state index in [1.165, 1.54) is 7.11 Å². The van der Waals surface area contributed by atoms with Gasteiger partial charge in [-0.1, -0.05) is 6.92 Å². The van der Waals surface area contributed by atoms with Crippen LogP contribution in [-0.2, 0) is 20.6 Å². The number of ether oxygens (including phenoxy) is 3. The molecule has 0 saturated carbocycles. The second-order valence-corrected chi connectivity index (χ2v) is 4.54. The molecule has 104 valence electrons. The van der Waals surface area contributed by atoms with Crippen LogP contribution in [0.25, 0.3) is 0 Å². The summed E-state index contributed by atoms with van der Waals surface area (Å²) in [5.74, 6) is -0.997.